The topological polar surface area (TPSA) is 96.5 Å². The Balaban J connectivity index is 1.36. The van der Waals surface area contributed by atoms with Crippen molar-refractivity contribution in [1.29, 1.82) is 0 Å². The molecule has 3 aromatic carbocycles. The van der Waals surface area contributed by atoms with Crippen LogP contribution in [-0.4, -0.2) is 41.2 Å². The van der Waals surface area contributed by atoms with E-state index < -0.39 is 5.97 Å². The Morgan fingerprint density at radius 3 is 2.38 bits per heavy atom. The van der Waals surface area contributed by atoms with E-state index in [0.29, 0.717) is 23.9 Å². The van der Waals surface area contributed by atoms with Crippen LogP contribution in [0.25, 0.3) is 11.1 Å². The van der Waals surface area contributed by atoms with Crippen LogP contribution in [0.1, 0.15) is 27.6 Å². The van der Waals surface area contributed by atoms with Crippen LogP contribution in [0.15, 0.2) is 85.2 Å². The maximum atomic E-state index is 11.3. The van der Waals surface area contributed by atoms with Crippen LogP contribution in [0.2, 0.25) is 5.02 Å². The van der Waals surface area contributed by atoms with Gasteiger partial charge in [-0.05, 0) is 41.0 Å². The zero-order valence-electron chi connectivity index (χ0n) is 18.3. The lowest BCUT2D eigenvalue weighted by Crippen LogP contribution is -2.25. The average Bonchev–Trinajstić information content (AvgIpc) is 3.40. The Morgan fingerprint density at radius 1 is 1.00 bits per heavy atom. The van der Waals surface area contributed by atoms with Gasteiger partial charge in [0.2, 0.25) is 0 Å². The van der Waals surface area contributed by atoms with Crippen molar-refractivity contribution in [3.05, 3.63) is 107 Å². The standard InChI is InChI=1S/C26H24ClN3O4/c27-22-11-9-20(10-12-22)25(19-7-5-18(6-8-19)21-15-29-30-16-21)33-14-13-28-17-34-24-4-2-1-3-23(24)26(31)32/h1-12,15-16,25,28H,13-14,17H2,(H,29,30)(H,31,32). The molecular weight excluding hydrogens is 454 g/mol. The predicted molar refractivity (Wildman–Crippen MR) is 130 cm³/mol. The van der Waals surface area contributed by atoms with Crippen LogP contribution in [-0.2, 0) is 4.74 Å². The Bertz CT molecular complexity index is 1200. The van der Waals surface area contributed by atoms with E-state index in [1.165, 1.54) is 6.07 Å². The zero-order chi connectivity index (χ0) is 23.8. The number of rotatable bonds is 11. The molecule has 0 radical (unpaired) electrons. The maximum Gasteiger partial charge on any atom is 0.339 e. The molecule has 0 saturated carbocycles. The first-order chi connectivity index (χ1) is 16.6. The van der Waals surface area contributed by atoms with Crippen molar-refractivity contribution >= 4 is 17.6 Å². The third kappa shape index (κ3) is 6.02. The lowest BCUT2D eigenvalue weighted by Gasteiger charge is -2.20. The molecule has 1 unspecified atom stereocenters. The van der Waals surface area contributed by atoms with Crippen LogP contribution in [0.3, 0.4) is 0 Å². The van der Waals surface area contributed by atoms with Gasteiger partial charge in [-0.25, -0.2) is 4.79 Å². The fraction of sp³-hybridized carbons (Fsp3) is 0.154. The molecular formula is C26H24ClN3O4. The molecule has 4 aromatic rings. The fourth-order valence-electron chi connectivity index (χ4n) is 3.50. The fourth-order valence-corrected chi connectivity index (χ4v) is 3.63. The minimum absolute atomic E-state index is 0.127. The number of carbonyl (C=O) groups is 1. The molecule has 0 spiro atoms. The van der Waals surface area contributed by atoms with Crippen LogP contribution in [0, 0.1) is 0 Å². The lowest BCUT2D eigenvalue weighted by atomic mass is 9.99. The molecule has 1 heterocycles. The summed E-state index contributed by atoms with van der Waals surface area (Å²) in [6.07, 6.45) is 3.36. The van der Waals surface area contributed by atoms with Gasteiger partial charge in [-0.3, -0.25) is 10.4 Å². The summed E-state index contributed by atoms with van der Waals surface area (Å²) in [7, 11) is 0. The van der Waals surface area contributed by atoms with E-state index in [2.05, 4.69) is 15.5 Å². The number of aromatic nitrogens is 2. The van der Waals surface area contributed by atoms with Crippen molar-refractivity contribution in [3.8, 4) is 16.9 Å². The Hall–Kier alpha value is -3.65. The van der Waals surface area contributed by atoms with Gasteiger partial charge in [-0.2, -0.15) is 5.10 Å². The lowest BCUT2D eigenvalue weighted by molar-refractivity contribution is 0.0688. The third-order valence-electron chi connectivity index (χ3n) is 5.23. The van der Waals surface area contributed by atoms with Gasteiger partial charge < -0.3 is 14.6 Å². The molecule has 0 bridgehead atoms. The first kappa shape index (κ1) is 23.5. The number of hydrogen-bond acceptors (Lipinski definition) is 5. The van der Waals surface area contributed by atoms with E-state index in [-0.39, 0.29) is 18.4 Å². The highest BCUT2D eigenvalue weighted by molar-refractivity contribution is 6.30. The van der Waals surface area contributed by atoms with Crippen LogP contribution in [0.4, 0.5) is 0 Å². The van der Waals surface area contributed by atoms with E-state index in [9.17, 15) is 9.90 Å². The second-order valence-electron chi connectivity index (χ2n) is 7.50. The van der Waals surface area contributed by atoms with Gasteiger partial charge in [-0.1, -0.05) is 60.1 Å². The number of carboxylic acids is 1. The van der Waals surface area contributed by atoms with Gasteiger partial charge in [-0.15, -0.1) is 0 Å². The van der Waals surface area contributed by atoms with Crippen molar-refractivity contribution in [2.45, 2.75) is 6.10 Å². The van der Waals surface area contributed by atoms with Crippen molar-refractivity contribution in [2.24, 2.45) is 0 Å². The predicted octanol–water partition coefficient (Wildman–Crippen LogP) is 5.16. The molecule has 0 saturated heterocycles. The number of aromatic carboxylic acids is 1. The Labute approximate surface area is 202 Å². The number of aromatic amines is 1. The average molecular weight is 478 g/mol. The second kappa shape index (κ2) is 11.5. The molecule has 3 N–H and O–H groups in total. The van der Waals surface area contributed by atoms with Gasteiger partial charge in [0.15, 0.2) is 0 Å². The summed E-state index contributed by atoms with van der Waals surface area (Å²) in [4.78, 5) is 11.3. The number of benzene rings is 3. The molecule has 7 nitrogen and oxygen atoms in total. The normalized spacial score (nSPS) is 11.8. The summed E-state index contributed by atoms with van der Waals surface area (Å²) in [5, 5.41) is 19.9. The molecule has 174 valence electrons. The molecule has 34 heavy (non-hydrogen) atoms. The number of H-pyrrole nitrogens is 1. The smallest absolute Gasteiger partial charge is 0.339 e. The molecule has 0 aliphatic rings. The molecule has 0 aliphatic carbocycles. The molecule has 4 rings (SSSR count). The molecule has 1 aromatic heterocycles. The SMILES string of the molecule is O=C(O)c1ccccc1OCNCCOC(c1ccc(Cl)cc1)c1ccc(-c2cn[nH]c2)cc1. The minimum atomic E-state index is -1.02. The summed E-state index contributed by atoms with van der Waals surface area (Å²) in [6.45, 7) is 1.10. The van der Waals surface area contributed by atoms with Gasteiger partial charge in [0.25, 0.3) is 0 Å². The summed E-state index contributed by atoms with van der Waals surface area (Å²) >= 11 is 6.07. The maximum absolute atomic E-state index is 11.3. The highest BCUT2D eigenvalue weighted by atomic mass is 35.5. The molecule has 0 amide bonds. The number of nitrogens with one attached hydrogen (secondary N) is 2. The monoisotopic (exact) mass is 477 g/mol. The molecule has 0 aliphatic heterocycles. The van der Waals surface area contributed by atoms with Crippen LogP contribution in [0.5, 0.6) is 5.75 Å². The second-order valence-corrected chi connectivity index (χ2v) is 7.94. The van der Waals surface area contributed by atoms with Gasteiger partial charge >= 0.3 is 5.97 Å². The quantitative estimate of drug-likeness (QED) is 0.204. The van der Waals surface area contributed by atoms with Gasteiger partial charge in [0.05, 0.1) is 12.8 Å². The van der Waals surface area contributed by atoms with Crippen LogP contribution < -0.4 is 10.1 Å². The molecule has 1 atom stereocenters. The molecule has 0 fully saturated rings. The van der Waals surface area contributed by atoms with Crippen molar-refractivity contribution in [1.82, 2.24) is 15.5 Å². The van der Waals surface area contributed by atoms with E-state index in [4.69, 9.17) is 21.1 Å². The summed E-state index contributed by atoms with van der Waals surface area (Å²) in [5.74, 6) is -0.705. The van der Waals surface area contributed by atoms with E-state index in [1.807, 2.05) is 54.7 Å². The number of hydrogen-bond donors (Lipinski definition) is 3. The van der Waals surface area contributed by atoms with Crippen molar-refractivity contribution in [2.75, 3.05) is 19.9 Å². The largest absolute Gasteiger partial charge is 0.478 e. The number of ether oxygens (including phenoxy) is 2. The number of nitrogens with zero attached hydrogens (tertiary/aromatic N) is 1. The first-order valence-corrected chi connectivity index (χ1v) is 11.1. The van der Waals surface area contributed by atoms with Crippen molar-refractivity contribution in [3.63, 3.8) is 0 Å². The summed E-state index contributed by atoms with van der Waals surface area (Å²) < 4.78 is 11.8. The number of carboxylic acid groups (broad SMARTS) is 1. The number of halogens is 1. The van der Waals surface area contributed by atoms with E-state index in [0.717, 1.165) is 22.3 Å². The molecule has 8 heteroatoms. The highest BCUT2D eigenvalue weighted by Crippen LogP contribution is 2.29. The summed E-state index contributed by atoms with van der Waals surface area (Å²) in [6, 6.07) is 22.3. The minimum Gasteiger partial charge on any atom is -0.478 e. The van der Waals surface area contributed by atoms with Crippen molar-refractivity contribution < 1.29 is 19.4 Å². The van der Waals surface area contributed by atoms with Crippen LogP contribution >= 0.6 is 11.6 Å². The Morgan fingerprint density at radius 2 is 1.71 bits per heavy atom. The van der Waals surface area contributed by atoms with Gasteiger partial charge in [0, 0.05) is 23.3 Å². The van der Waals surface area contributed by atoms with E-state index in [1.54, 1.807) is 24.4 Å². The Kier molecular flexibility index (Phi) is 7.93. The third-order valence-corrected chi connectivity index (χ3v) is 5.48. The first-order valence-electron chi connectivity index (χ1n) is 10.7. The van der Waals surface area contributed by atoms with E-state index >= 15 is 0 Å². The highest BCUT2D eigenvalue weighted by Gasteiger charge is 2.15. The van der Waals surface area contributed by atoms with Gasteiger partial charge in [0.1, 0.15) is 24.1 Å². The number of para-hydroxylation sites is 1. The summed E-state index contributed by atoms with van der Waals surface area (Å²) in [5.41, 5.74) is 4.22. The zero-order valence-corrected chi connectivity index (χ0v) is 19.0.